The van der Waals surface area contributed by atoms with Crippen molar-refractivity contribution in [1.29, 1.82) is 0 Å². The van der Waals surface area contributed by atoms with Crippen LogP contribution in [-0.4, -0.2) is 20.7 Å². The van der Waals surface area contributed by atoms with Gasteiger partial charge in [0.15, 0.2) is 5.13 Å². The molecule has 3 aromatic heterocycles. The van der Waals surface area contributed by atoms with E-state index in [2.05, 4.69) is 21.5 Å². The third-order valence-corrected chi connectivity index (χ3v) is 6.02. The van der Waals surface area contributed by atoms with E-state index in [1.165, 1.54) is 33.8 Å². The van der Waals surface area contributed by atoms with Crippen LogP contribution in [0, 0.1) is 13.8 Å². The lowest BCUT2D eigenvalue weighted by Gasteiger charge is -2.07. The Morgan fingerprint density at radius 3 is 2.66 bits per heavy atom. The third kappa shape index (κ3) is 4.55. The molecule has 148 valence electrons. The number of rotatable bonds is 6. The van der Waals surface area contributed by atoms with E-state index in [4.69, 9.17) is 4.74 Å². The van der Waals surface area contributed by atoms with Gasteiger partial charge in [0.1, 0.15) is 18.1 Å². The maximum atomic E-state index is 12.6. The molecule has 0 spiro atoms. The average molecular weight is 425 g/mol. The summed E-state index contributed by atoms with van der Waals surface area (Å²) in [7, 11) is 1.86. The molecule has 4 aromatic rings. The Morgan fingerprint density at radius 1 is 1.14 bits per heavy atom. The van der Waals surface area contributed by atoms with Crippen LogP contribution in [0.2, 0.25) is 0 Å². The maximum Gasteiger partial charge on any atom is 0.267 e. The fourth-order valence-electron chi connectivity index (χ4n) is 2.99. The van der Waals surface area contributed by atoms with Gasteiger partial charge in [-0.2, -0.15) is 5.10 Å². The Bertz CT molecular complexity index is 1140. The molecule has 0 saturated heterocycles. The molecule has 0 aliphatic heterocycles. The number of aromatic nitrogens is 3. The fourth-order valence-corrected chi connectivity index (χ4v) is 4.48. The molecule has 0 radical (unpaired) electrons. The zero-order chi connectivity index (χ0) is 20.4. The van der Waals surface area contributed by atoms with Crippen LogP contribution < -0.4 is 10.1 Å². The average Bonchev–Trinajstić information content (AvgIpc) is 3.40. The summed E-state index contributed by atoms with van der Waals surface area (Å²) in [4.78, 5) is 17.7. The third-order valence-electron chi connectivity index (χ3n) is 4.29. The Kier molecular flexibility index (Phi) is 5.46. The normalized spacial score (nSPS) is 10.9. The van der Waals surface area contributed by atoms with E-state index >= 15 is 0 Å². The number of thiazole rings is 1. The smallest absolute Gasteiger partial charge is 0.267 e. The number of ether oxygens (including phenoxy) is 1. The molecule has 0 aliphatic rings. The van der Waals surface area contributed by atoms with E-state index < -0.39 is 0 Å². The van der Waals surface area contributed by atoms with E-state index in [-0.39, 0.29) is 5.91 Å². The van der Waals surface area contributed by atoms with E-state index in [9.17, 15) is 4.79 Å². The quantitative estimate of drug-likeness (QED) is 0.470. The van der Waals surface area contributed by atoms with Gasteiger partial charge in [-0.05, 0) is 54.6 Å². The molecule has 0 saturated carbocycles. The molecule has 4 rings (SSSR count). The van der Waals surface area contributed by atoms with Crippen molar-refractivity contribution in [1.82, 2.24) is 14.8 Å². The highest BCUT2D eigenvalue weighted by Crippen LogP contribution is 2.26. The van der Waals surface area contributed by atoms with Gasteiger partial charge in [-0.1, -0.05) is 6.07 Å². The first-order valence-corrected chi connectivity index (χ1v) is 10.8. The first-order valence-electron chi connectivity index (χ1n) is 9.02. The summed E-state index contributed by atoms with van der Waals surface area (Å²) < 4.78 is 7.63. The Balaban J connectivity index is 1.38. The topological polar surface area (TPSA) is 69.0 Å². The standard InChI is InChI=1S/C21H20N4O2S2/c1-13-6-14(2)8-16(7-13)27-10-15-9-19(28-11-15)20(26)24-21-23-17(12-29-21)18-4-5-22-25(18)3/h4-9,11-12H,10H2,1-3H3,(H,23,24,26). The number of benzene rings is 1. The maximum absolute atomic E-state index is 12.6. The zero-order valence-electron chi connectivity index (χ0n) is 16.3. The molecule has 6 nitrogen and oxygen atoms in total. The lowest BCUT2D eigenvalue weighted by Crippen LogP contribution is -2.10. The van der Waals surface area contributed by atoms with Crippen LogP contribution in [0.25, 0.3) is 11.4 Å². The summed E-state index contributed by atoms with van der Waals surface area (Å²) >= 11 is 2.79. The number of amides is 1. The summed E-state index contributed by atoms with van der Waals surface area (Å²) in [6.45, 7) is 4.52. The SMILES string of the molecule is Cc1cc(C)cc(OCc2csc(C(=O)Nc3nc(-c4ccnn4C)cs3)c2)c1. The summed E-state index contributed by atoms with van der Waals surface area (Å²) in [5, 5.41) is 11.4. The van der Waals surface area contributed by atoms with Crippen molar-refractivity contribution in [2.45, 2.75) is 20.5 Å². The number of hydrogen-bond acceptors (Lipinski definition) is 6. The molecule has 0 aliphatic carbocycles. The van der Waals surface area contributed by atoms with Crippen LogP contribution >= 0.6 is 22.7 Å². The van der Waals surface area contributed by atoms with Gasteiger partial charge < -0.3 is 4.74 Å². The first kappa shape index (κ1) is 19.4. The second kappa shape index (κ2) is 8.18. The van der Waals surface area contributed by atoms with Crippen LogP contribution in [0.3, 0.4) is 0 Å². The number of thiophene rings is 1. The zero-order valence-corrected chi connectivity index (χ0v) is 17.9. The van der Waals surface area contributed by atoms with Crippen molar-refractivity contribution < 1.29 is 9.53 Å². The minimum absolute atomic E-state index is 0.168. The number of nitrogens with one attached hydrogen (secondary N) is 1. The van der Waals surface area contributed by atoms with Crippen LogP contribution in [0.5, 0.6) is 5.75 Å². The molecule has 8 heteroatoms. The van der Waals surface area contributed by atoms with Gasteiger partial charge in [0.25, 0.3) is 5.91 Å². The van der Waals surface area contributed by atoms with Crippen molar-refractivity contribution in [2.75, 3.05) is 5.32 Å². The second-order valence-corrected chi connectivity index (χ2v) is 8.53. The van der Waals surface area contributed by atoms with Crippen molar-refractivity contribution in [3.8, 4) is 17.1 Å². The molecule has 0 fully saturated rings. The van der Waals surface area contributed by atoms with Crippen molar-refractivity contribution in [3.05, 3.63) is 68.9 Å². The van der Waals surface area contributed by atoms with Crippen LogP contribution in [0.4, 0.5) is 5.13 Å². The Labute approximate surface area is 176 Å². The number of carbonyl (C=O) groups excluding carboxylic acids is 1. The molecule has 3 heterocycles. The highest BCUT2D eigenvalue weighted by molar-refractivity contribution is 7.14. The van der Waals surface area contributed by atoms with Gasteiger partial charge in [-0.15, -0.1) is 22.7 Å². The first-order chi connectivity index (χ1) is 14.0. The van der Waals surface area contributed by atoms with Gasteiger partial charge in [0.05, 0.1) is 10.6 Å². The van der Waals surface area contributed by atoms with Crippen molar-refractivity contribution >= 4 is 33.7 Å². The van der Waals surface area contributed by atoms with Gasteiger partial charge in [-0.25, -0.2) is 4.98 Å². The summed E-state index contributed by atoms with van der Waals surface area (Å²) in [6.07, 6.45) is 1.72. The predicted molar refractivity (Wildman–Crippen MR) is 117 cm³/mol. The molecular weight excluding hydrogens is 404 g/mol. The minimum Gasteiger partial charge on any atom is -0.489 e. The lowest BCUT2D eigenvalue weighted by molar-refractivity contribution is 0.103. The second-order valence-electron chi connectivity index (χ2n) is 6.76. The molecule has 1 N–H and O–H groups in total. The molecule has 0 atom stereocenters. The molecule has 29 heavy (non-hydrogen) atoms. The van der Waals surface area contributed by atoms with E-state index in [1.807, 2.05) is 55.9 Å². The van der Waals surface area contributed by atoms with Crippen LogP contribution in [-0.2, 0) is 13.7 Å². The van der Waals surface area contributed by atoms with Gasteiger partial charge >= 0.3 is 0 Å². The minimum atomic E-state index is -0.168. The molecule has 1 aromatic carbocycles. The number of nitrogens with zero attached hydrogens (tertiary/aromatic N) is 3. The predicted octanol–water partition coefficient (Wildman–Crippen LogP) is 5.05. The highest BCUT2D eigenvalue weighted by atomic mass is 32.1. The number of anilines is 1. The number of hydrogen-bond donors (Lipinski definition) is 1. The fraction of sp³-hybridized carbons (Fsp3) is 0.190. The van der Waals surface area contributed by atoms with Gasteiger partial charge in [0.2, 0.25) is 0 Å². The van der Waals surface area contributed by atoms with E-state index in [1.54, 1.807) is 10.9 Å². The summed E-state index contributed by atoms with van der Waals surface area (Å²) in [6, 6.07) is 9.88. The Morgan fingerprint density at radius 2 is 1.93 bits per heavy atom. The molecule has 0 bridgehead atoms. The van der Waals surface area contributed by atoms with Crippen LogP contribution in [0.1, 0.15) is 26.4 Å². The van der Waals surface area contributed by atoms with Crippen molar-refractivity contribution in [2.24, 2.45) is 7.05 Å². The highest BCUT2D eigenvalue weighted by Gasteiger charge is 2.14. The lowest BCUT2D eigenvalue weighted by atomic mass is 10.1. The van der Waals surface area contributed by atoms with E-state index in [0.29, 0.717) is 16.6 Å². The van der Waals surface area contributed by atoms with Gasteiger partial charge in [0, 0.05) is 24.2 Å². The molecular formula is C21H20N4O2S2. The number of aryl methyl sites for hydroxylation is 3. The molecule has 0 unspecified atom stereocenters. The summed E-state index contributed by atoms with van der Waals surface area (Å²) in [5.41, 5.74) is 5.00. The number of carbonyl (C=O) groups is 1. The largest absolute Gasteiger partial charge is 0.489 e. The van der Waals surface area contributed by atoms with Gasteiger partial charge in [-0.3, -0.25) is 14.8 Å². The van der Waals surface area contributed by atoms with Crippen molar-refractivity contribution in [3.63, 3.8) is 0 Å². The monoisotopic (exact) mass is 424 g/mol. The van der Waals surface area contributed by atoms with Crippen LogP contribution in [0.15, 0.2) is 47.3 Å². The van der Waals surface area contributed by atoms with E-state index in [0.717, 1.165) is 22.7 Å². The molecule has 1 amide bonds. The Hall–Kier alpha value is -2.97. The summed E-state index contributed by atoms with van der Waals surface area (Å²) in [5.74, 6) is 0.670.